The molecule has 1 saturated carbocycles. The summed E-state index contributed by atoms with van der Waals surface area (Å²) < 4.78 is 7.14. The number of nitrogens with zero attached hydrogens (tertiary/aromatic N) is 5. The van der Waals surface area contributed by atoms with Crippen molar-refractivity contribution in [3.05, 3.63) is 51.8 Å². The van der Waals surface area contributed by atoms with E-state index in [-0.39, 0.29) is 11.6 Å². The van der Waals surface area contributed by atoms with E-state index in [2.05, 4.69) is 25.4 Å². The van der Waals surface area contributed by atoms with Crippen molar-refractivity contribution in [1.82, 2.24) is 24.7 Å². The van der Waals surface area contributed by atoms with Crippen molar-refractivity contribution < 1.29 is 4.74 Å². The molecule has 1 aliphatic heterocycles. The highest BCUT2D eigenvalue weighted by molar-refractivity contribution is 5.86. The average Bonchev–Trinajstić information content (AvgIpc) is 2.74. The predicted molar refractivity (Wildman–Crippen MR) is 109 cm³/mol. The van der Waals surface area contributed by atoms with Gasteiger partial charge in [0.2, 0.25) is 0 Å². The van der Waals surface area contributed by atoms with E-state index in [1.807, 2.05) is 19.1 Å². The Morgan fingerprint density at radius 1 is 1.21 bits per heavy atom. The fraction of sp³-hybridized carbons (Fsp3) is 0.476. The first-order valence-corrected chi connectivity index (χ1v) is 10.2. The summed E-state index contributed by atoms with van der Waals surface area (Å²) in [5.74, 6) is 1.55. The van der Waals surface area contributed by atoms with Gasteiger partial charge in [0.25, 0.3) is 5.56 Å². The van der Waals surface area contributed by atoms with Crippen LogP contribution in [0.2, 0.25) is 0 Å². The first kappa shape index (κ1) is 18.2. The van der Waals surface area contributed by atoms with Crippen LogP contribution in [0.5, 0.6) is 0 Å². The Kier molecular flexibility index (Phi) is 4.71. The van der Waals surface area contributed by atoms with Gasteiger partial charge in [-0.15, -0.1) is 0 Å². The van der Waals surface area contributed by atoms with Crippen LogP contribution >= 0.6 is 0 Å². The van der Waals surface area contributed by atoms with Crippen molar-refractivity contribution in [2.45, 2.75) is 57.7 Å². The van der Waals surface area contributed by atoms with E-state index in [0.29, 0.717) is 30.7 Å². The fourth-order valence-electron chi connectivity index (χ4n) is 4.33. The molecule has 3 aromatic rings. The standard InChI is InChI=1S/C21H24N6O2/c1-13-23-20-17(3-2-9-22-20)21(24-13)25-15-4-6-16(7-5-15)27-19(28)11-14-12-29-10-8-18(14)26-27/h2-3,9,11,15-16H,4-8,10,12H2,1H3,(H,22,23,24,25). The normalized spacial score (nSPS) is 21.7. The number of fused-ring (bicyclic) bond motifs is 2. The Balaban J connectivity index is 1.31. The van der Waals surface area contributed by atoms with E-state index in [1.165, 1.54) is 0 Å². The molecule has 2 aliphatic rings. The Labute approximate surface area is 168 Å². The van der Waals surface area contributed by atoms with Crippen LogP contribution in [0.1, 0.15) is 48.8 Å². The highest BCUT2D eigenvalue weighted by Gasteiger charge is 2.26. The Bertz CT molecular complexity index is 1100. The van der Waals surface area contributed by atoms with Gasteiger partial charge >= 0.3 is 0 Å². The summed E-state index contributed by atoms with van der Waals surface area (Å²) in [5, 5.41) is 9.20. The molecule has 0 saturated heterocycles. The Hall–Kier alpha value is -2.87. The minimum absolute atomic E-state index is 0.0193. The van der Waals surface area contributed by atoms with E-state index in [1.54, 1.807) is 16.9 Å². The molecule has 0 spiro atoms. The van der Waals surface area contributed by atoms with Gasteiger partial charge in [0.15, 0.2) is 5.65 Å². The van der Waals surface area contributed by atoms with Crippen LogP contribution in [0.4, 0.5) is 5.82 Å². The van der Waals surface area contributed by atoms with Gasteiger partial charge in [-0.05, 0) is 44.7 Å². The van der Waals surface area contributed by atoms with E-state index in [4.69, 9.17) is 4.74 Å². The van der Waals surface area contributed by atoms with Crippen LogP contribution in [0, 0.1) is 6.92 Å². The topological polar surface area (TPSA) is 94.8 Å². The molecule has 4 heterocycles. The molecule has 0 amide bonds. The van der Waals surface area contributed by atoms with Gasteiger partial charge in [0.05, 0.1) is 30.3 Å². The quantitative estimate of drug-likeness (QED) is 0.732. The summed E-state index contributed by atoms with van der Waals surface area (Å²) in [6, 6.07) is 6.07. The second kappa shape index (κ2) is 7.51. The average molecular weight is 392 g/mol. The summed E-state index contributed by atoms with van der Waals surface area (Å²) in [7, 11) is 0. The Morgan fingerprint density at radius 3 is 2.93 bits per heavy atom. The lowest BCUT2D eigenvalue weighted by atomic mass is 9.91. The minimum atomic E-state index is -0.0193. The molecule has 0 atom stereocenters. The molecule has 8 nitrogen and oxygen atoms in total. The molecule has 0 aromatic carbocycles. The van der Waals surface area contributed by atoms with E-state index < -0.39 is 0 Å². The number of hydrogen-bond acceptors (Lipinski definition) is 7. The van der Waals surface area contributed by atoms with Gasteiger partial charge < -0.3 is 10.1 Å². The van der Waals surface area contributed by atoms with Crippen LogP contribution in [0.15, 0.2) is 29.2 Å². The molecule has 1 fully saturated rings. The second-order valence-corrected chi connectivity index (χ2v) is 7.85. The summed E-state index contributed by atoms with van der Waals surface area (Å²) in [4.78, 5) is 25.9. The number of aryl methyl sites for hydroxylation is 1. The zero-order valence-corrected chi connectivity index (χ0v) is 16.5. The van der Waals surface area contributed by atoms with Crippen LogP contribution in [0.25, 0.3) is 11.0 Å². The zero-order chi connectivity index (χ0) is 19.8. The number of pyridine rings is 1. The van der Waals surface area contributed by atoms with Crippen LogP contribution in [0.3, 0.4) is 0 Å². The number of aromatic nitrogens is 5. The van der Waals surface area contributed by atoms with Crippen molar-refractivity contribution in [3.63, 3.8) is 0 Å². The lowest BCUT2D eigenvalue weighted by molar-refractivity contribution is 0.107. The maximum Gasteiger partial charge on any atom is 0.267 e. The third-order valence-electron chi connectivity index (χ3n) is 5.83. The first-order valence-electron chi connectivity index (χ1n) is 10.2. The molecule has 8 heteroatoms. The zero-order valence-electron chi connectivity index (χ0n) is 16.5. The van der Waals surface area contributed by atoms with Crippen molar-refractivity contribution in [2.75, 3.05) is 11.9 Å². The molecule has 5 rings (SSSR count). The second-order valence-electron chi connectivity index (χ2n) is 7.85. The number of ether oxygens (including phenoxy) is 1. The summed E-state index contributed by atoms with van der Waals surface area (Å²) >= 11 is 0. The van der Waals surface area contributed by atoms with Gasteiger partial charge in [0, 0.05) is 30.3 Å². The van der Waals surface area contributed by atoms with Crippen molar-refractivity contribution in [3.8, 4) is 0 Å². The molecule has 29 heavy (non-hydrogen) atoms. The third kappa shape index (κ3) is 3.60. The molecule has 1 N–H and O–H groups in total. The van der Waals surface area contributed by atoms with Crippen molar-refractivity contribution >= 4 is 16.9 Å². The molecular formula is C21H24N6O2. The lowest BCUT2D eigenvalue weighted by Gasteiger charge is -2.30. The van der Waals surface area contributed by atoms with Crippen LogP contribution in [-0.4, -0.2) is 37.4 Å². The molecule has 3 aromatic heterocycles. The van der Waals surface area contributed by atoms with Crippen LogP contribution in [-0.2, 0) is 17.8 Å². The predicted octanol–water partition coefficient (Wildman–Crippen LogP) is 2.56. The molecule has 1 aliphatic carbocycles. The summed E-state index contributed by atoms with van der Waals surface area (Å²) in [6.07, 6.45) is 6.29. The van der Waals surface area contributed by atoms with Crippen LogP contribution < -0.4 is 10.9 Å². The van der Waals surface area contributed by atoms with E-state index in [0.717, 1.165) is 54.6 Å². The van der Waals surface area contributed by atoms with Gasteiger partial charge in [0.1, 0.15) is 11.6 Å². The molecule has 150 valence electrons. The smallest absolute Gasteiger partial charge is 0.267 e. The SMILES string of the molecule is Cc1nc(NC2CCC(n3nc4c(cc3=O)COCC4)CC2)c2cccnc2n1. The Morgan fingerprint density at radius 2 is 2.07 bits per heavy atom. The lowest BCUT2D eigenvalue weighted by Crippen LogP contribution is -2.35. The van der Waals surface area contributed by atoms with Crippen molar-refractivity contribution in [2.24, 2.45) is 0 Å². The number of rotatable bonds is 3. The van der Waals surface area contributed by atoms with Gasteiger partial charge in [-0.25, -0.2) is 19.6 Å². The van der Waals surface area contributed by atoms with Gasteiger partial charge in [-0.3, -0.25) is 4.79 Å². The molecule has 0 radical (unpaired) electrons. The molecule has 0 unspecified atom stereocenters. The summed E-state index contributed by atoms with van der Waals surface area (Å²) in [5.41, 5.74) is 2.64. The number of nitrogens with one attached hydrogen (secondary N) is 1. The maximum absolute atomic E-state index is 12.6. The number of anilines is 1. The fourth-order valence-corrected chi connectivity index (χ4v) is 4.33. The minimum Gasteiger partial charge on any atom is -0.376 e. The first-order chi connectivity index (χ1) is 14.2. The highest BCUT2D eigenvalue weighted by atomic mass is 16.5. The largest absolute Gasteiger partial charge is 0.376 e. The summed E-state index contributed by atoms with van der Waals surface area (Å²) in [6.45, 7) is 3.06. The van der Waals surface area contributed by atoms with Gasteiger partial charge in [-0.2, -0.15) is 5.10 Å². The van der Waals surface area contributed by atoms with E-state index in [9.17, 15) is 4.79 Å². The molecular weight excluding hydrogens is 368 g/mol. The van der Waals surface area contributed by atoms with Crippen molar-refractivity contribution in [1.29, 1.82) is 0 Å². The highest BCUT2D eigenvalue weighted by Crippen LogP contribution is 2.30. The van der Waals surface area contributed by atoms with E-state index >= 15 is 0 Å². The molecule has 0 bridgehead atoms. The van der Waals surface area contributed by atoms with Gasteiger partial charge in [-0.1, -0.05) is 0 Å². The number of hydrogen-bond donors (Lipinski definition) is 1. The third-order valence-corrected chi connectivity index (χ3v) is 5.83. The monoisotopic (exact) mass is 392 g/mol. The maximum atomic E-state index is 12.6.